The second-order valence-electron chi connectivity index (χ2n) is 3.23. The van der Waals surface area contributed by atoms with Crippen LogP contribution in [-0.4, -0.2) is 21.5 Å². The fourth-order valence-corrected chi connectivity index (χ4v) is 0.793. The second-order valence-corrected chi connectivity index (χ2v) is 3.23. The lowest BCUT2D eigenvalue weighted by atomic mass is 10.1. The maximum absolute atomic E-state index is 8.99. The van der Waals surface area contributed by atoms with Crippen LogP contribution < -0.4 is 0 Å². The molecule has 64 valence electrons. The Kier molecular flexibility index (Phi) is 2.15. The normalized spacial score (nSPS) is 11.2. The molecule has 0 saturated carbocycles. The lowest BCUT2D eigenvalue weighted by Gasteiger charge is -2.21. The highest BCUT2D eigenvalue weighted by molar-refractivity contribution is 5.17. The lowest BCUT2D eigenvalue weighted by molar-refractivity contribution is 0.152. The van der Waals surface area contributed by atoms with Crippen LogP contribution in [0.15, 0.2) is 12.3 Å². The molecule has 0 aromatic carbocycles. The monoisotopic (exact) mass is 165 g/mol. The van der Waals surface area contributed by atoms with Crippen LogP contribution in [0.5, 0.6) is 0 Å². The van der Waals surface area contributed by atoms with Gasteiger partial charge in [0.25, 0.3) is 0 Å². The fraction of sp³-hybridized carbons (Fsp3) is 0.500. The van der Waals surface area contributed by atoms with Crippen LogP contribution in [-0.2, 0) is 5.54 Å². The van der Waals surface area contributed by atoms with Gasteiger partial charge in [-0.3, -0.25) is 4.68 Å². The molecular formula is C8H11N3O. The zero-order valence-electron chi connectivity index (χ0n) is 7.15. The van der Waals surface area contributed by atoms with Crippen LogP contribution in [0.2, 0.25) is 0 Å². The quantitative estimate of drug-likeness (QED) is 0.693. The van der Waals surface area contributed by atoms with Gasteiger partial charge < -0.3 is 5.11 Å². The van der Waals surface area contributed by atoms with Crippen molar-refractivity contribution in [3.05, 3.63) is 18.0 Å². The van der Waals surface area contributed by atoms with Crippen molar-refractivity contribution in [2.24, 2.45) is 0 Å². The molecule has 1 aromatic rings. The Labute approximate surface area is 71.1 Å². The number of aromatic nitrogens is 2. The number of hydrogen-bond acceptors (Lipinski definition) is 3. The smallest absolute Gasteiger partial charge is 0.162 e. The first kappa shape index (κ1) is 8.75. The van der Waals surface area contributed by atoms with E-state index in [2.05, 4.69) is 5.10 Å². The van der Waals surface area contributed by atoms with E-state index >= 15 is 0 Å². The van der Waals surface area contributed by atoms with Crippen LogP contribution >= 0.6 is 0 Å². The summed E-state index contributed by atoms with van der Waals surface area (Å²) in [7, 11) is 0. The summed E-state index contributed by atoms with van der Waals surface area (Å²) in [5, 5.41) is 21.5. The number of rotatable bonds is 2. The minimum Gasteiger partial charge on any atom is -0.394 e. The Bertz CT molecular complexity index is 308. The molecule has 0 radical (unpaired) electrons. The molecule has 12 heavy (non-hydrogen) atoms. The molecule has 0 spiro atoms. The molecule has 0 bridgehead atoms. The fourth-order valence-electron chi connectivity index (χ4n) is 0.793. The number of hydrogen-bond donors (Lipinski definition) is 1. The third-order valence-electron chi connectivity index (χ3n) is 1.71. The Morgan fingerprint density at radius 1 is 1.75 bits per heavy atom. The van der Waals surface area contributed by atoms with Crippen molar-refractivity contribution >= 4 is 0 Å². The molecule has 0 aliphatic carbocycles. The van der Waals surface area contributed by atoms with Gasteiger partial charge in [-0.15, -0.1) is 0 Å². The Hall–Kier alpha value is -1.34. The van der Waals surface area contributed by atoms with Gasteiger partial charge in [-0.05, 0) is 19.9 Å². The Morgan fingerprint density at radius 2 is 2.42 bits per heavy atom. The minimum absolute atomic E-state index is 0.000448. The third kappa shape index (κ3) is 1.46. The van der Waals surface area contributed by atoms with Gasteiger partial charge in [0.05, 0.1) is 12.1 Å². The number of nitriles is 1. The zero-order valence-corrected chi connectivity index (χ0v) is 7.15. The number of nitrogens with zero attached hydrogens (tertiary/aromatic N) is 3. The maximum atomic E-state index is 8.99. The summed E-state index contributed by atoms with van der Waals surface area (Å²) in [5.41, 5.74) is -0.0636. The molecule has 4 heteroatoms. The summed E-state index contributed by atoms with van der Waals surface area (Å²) in [5.74, 6) is 0. The topological polar surface area (TPSA) is 61.8 Å². The van der Waals surface area contributed by atoms with Crippen LogP contribution in [0, 0.1) is 11.3 Å². The van der Waals surface area contributed by atoms with Crippen molar-refractivity contribution in [1.82, 2.24) is 9.78 Å². The highest BCUT2D eigenvalue weighted by Gasteiger charge is 2.19. The summed E-state index contributed by atoms with van der Waals surface area (Å²) in [4.78, 5) is 0. The van der Waals surface area contributed by atoms with E-state index in [4.69, 9.17) is 10.4 Å². The molecule has 0 amide bonds. The van der Waals surface area contributed by atoms with Gasteiger partial charge in [0.1, 0.15) is 6.07 Å². The van der Waals surface area contributed by atoms with E-state index in [9.17, 15) is 0 Å². The van der Waals surface area contributed by atoms with Gasteiger partial charge in [0, 0.05) is 6.20 Å². The van der Waals surface area contributed by atoms with Crippen molar-refractivity contribution in [3.8, 4) is 6.07 Å². The Morgan fingerprint density at radius 3 is 2.83 bits per heavy atom. The molecule has 0 saturated heterocycles. The van der Waals surface area contributed by atoms with Gasteiger partial charge in [0.15, 0.2) is 5.69 Å². The molecule has 0 aliphatic rings. The highest BCUT2D eigenvalue weighted by Crippen LogP contribution is 2.12. The average Bonchev–Trinajstić information content (AvgIpc) is 2.52. The summed E-state index contributed by atoms with van der Waals surface area (Å²) in [6.07, 6.45) is 1.69. The standard InChI is InChI=1S/C8H11N3O/c1-8(2,6-12)11-4-3-7(5-9)10-11/h3-4,12H,6H2,1-2H3. The maximum Gasteiger partial charge on any atom is 0.162 e. The summed E-state index contributed by atoms with van der Waals surface area (Å²) >= 11 is 0. The van der Waals surface area contributed by atoms with Crippen LogP contribution in [0.3, 0.4) is 0 Å². The van der Waals surface area contributed by atoms with Gasteiger partial charge >= 0.3 is 0 Å². The molecule has 1 rings (SSSR count). The molecule has 1 N–H and O–H groups in total. The molecule has 0 atom stereocenters. The SMILES string of the molecule is CC(C)(CO)n1ccc(C#N)n1. The van der Waals surface area contributed by atoms with Gasteiger partial charge in [-0.25, -0.2) is 0 Å². The van der Waals surface area contributed by atoms with Crippen LogP contribution in [0.25, 0.3) is 0 Å². The summed E-state index contributed by atoms with van der Waals surface area (Å²) in [6.45, 7) is 3.70. The first-order valence-corrected chi connectivity index (χ1v) is 3.67. The van der Waals surface area contributed by atoms with E-state index in [-0.39, 0.29) is 6.61 Å². The van der Waals surface area contributed by atoms with E-state index in [0.29, 0.717) is 5.69 Å². The van der Waals surface area contributed by atoms with Gasteiger partial charge in [-0.2, -0.15) is 10.4 Å². The molecular weight excluding hydrogens is 154 g/mol. The molecule has 0 fully saturated rings. The van der Waals surface area contributed by atoms with E-state index in [1.807, 2.05) is 19.9 Å². The van der Waals surface area contributed by atoms with Crippen molar-refractivity contribution < 1.29 is 5.11 Å². The molecule has 0 unspecified atom stereocenters. The lowest BCUT2D eigenvalue weighted by Crippen LogP contribution is -2.30. The van der Waals surface area contributed by atoms with Crippen molar-refractivity contribution in [2.45, 2.75) is 19.4 Å². The zero-order chi connectivity index (χ0) is 9.19. The molecule has 4 nitrogen and oxygen atoms in total. The van der Waals surface area contributed by atoms with E-state index in [1.54, 1.807) is 16.9 Å². The largest absolute Gasteiger partial charge is 0.394 e. The van der Waals surface area contributed by atoms with Crippen molar-refractivity contribution in [1.29, 1.82) is 5.26 Å². The van der Waals surface area contributed by atoms with Crippen molar-refractivity contribution in [2.75, 3.05) is 6.61 Å². The summed E-state index contributed by atoms with van der Waals surface area (Å²) < 4.78 is 1.59. The summed E-state index contributed by atoms with van der Waals surface area (Å²) in [6, 6.07) is 3.55. The van der Waals surface area contributed by atoms with Crippen LogP contribution in [0.4, 0.5) is 0 Å². The van der Waals surface area contributed by atoms with E-state index in [0.717, 1.165) is 0 Å². The first-order valence-electron chi connectivity index (χ1n) is 3.67. The highest BCUT2D eigenvalue weighted by atomic mass is 16.3. The predicted molar refractivity (Wildman–Crippen MR) is 43.3 cm³/mol. The van der Waals surface area contributed by atoms with E-state index < -0.39 is 5.54 Å². The second kappa shape index (κ2) is 2.95. The Balaban J connectivity index is 2.98. The first-order chi connectivity index (χ1) is 5.60. The minimum atomic E-state index is -0.435. The van der Waals surface area contributed by atoms with Crippen molar-refractivity contribution in [3.63, 3.8) is 0 Å². The molecule has 0 aliphatic heterocycles. The number of aliphatic hydroxyl groups is 1. The van der Waals surface area contributed by atoms with E-state index in [1.165, 1.54) is 0 Å². The van der Waals surface area contributed by atoms with Gasteiger partial charge in [-0.1, -0.05) is 0 Å². The molecule has 1 aromatic heterocycles. The van der Waals surface area contributed by atoms with Gasteiger partial charge in [0.2, 0.25) is 0 Å². The average molecular weight is 165 g/mol. The molecule has 1 heterocycles. The third-order valence-corrected chi connectivity index (χ3v) is 1.71. The number of aliphatic hydroxyl groups excluding tert-OH is 1. The predicted octanol–water partition coefficient (Wildman–Crippen LogP) is 0.482. The van der Waals surface area contributed by atoms with Crippen LogP contribution in [0.1, 0.15) is 19.5 Å².